The van der Waals surface area contributed by atoms with Crippen molar-refractivity contribution >= 4 is 5.97 Å². The average molecular weight is 308 g/mol. The Labute approximate surface area is 133 Å². The summed E-state index contributed by atoms with van der Waals surface area (Å²) < 4.78 is 11.3. The fourth-order valence-corrected chi connectivity index (χ4v) is 3.08. The Morgan fingerprint density at radius 2 is 2.00 bits per heavy atom. The van der Waals surface area contributed by atoms with Gasteiger partial charge in [-0.15, -0.1) is 0 Å². The molecule has 0 aromatic heterocycles. The van der Waals surface area contributed by atoms with E-state index in [1.165, 1.54) is 0 Å². The lowest BCUT2D eigenvalue weighted by atomic mass is 9.81. The predicted octanol–water partition coefficient (Wildman–Crippen LogP) is 2.56. The molecule has 2 rings (SSSR count). The lowest BCUT2D eigenvalue weighted by Gasteiger charge is -2.37. The second kappa shape index (κ2) is 7.43. The van der Waals surface area contributed by atoms with E-state index < -0.39 is 0 Å². The van der Waals surface area contributed by atoms with E-state index in [-0.39, 0.29) is 29.3 Å². The summed E-state index contributed by atoms with van der Waals surface area (Å²) in [6, 6.07) is 2.31. The second-order valence-corrected chi connectivity index (χ2v) is 7.56. The molecule has 0 radical (unpaired) electrons. The Balaban J connectivity index is 1.74. The summed E-state index contributed by atoms with van der Waals surface area (Å²) in [4.78, 5) is 14.4. The molecule has 5 heteroatoms. The Bertz CT molecular complexity index is 417. The zero-order valence-corrected chi connectivity index (χ0v) is 14.0. The maximum Gasteiger partial charge on any atom is 0.310 e. The van der Waals surface area contributed by atoms with E-state index >= 15 is 0 Å². The molecule has 2 atom stereocenters. The average Bonchev–Trinajstić information content (AvgIpc) is 2.52. The fraction of sp³-hybridized carbons (Fsp3) is 0.882. The van der Waals surface area contributed by atoms with E-state index in [2.05, 4.69) is 31.7 Å². The highest BCUT2D eigenvalue weighted by Crippen LogP contribution is 2.33. The third kappa shape index (κ3) is 4.69. The maximum atomic E-state index is 12.3. The maximum absolute atomic E-state index is 12.3. The van der Waals surface area contributed by atoms with Gasteiger partial charge in [0.15, 0.2) is 0 Å². The number of ether oxygens (including phenoxy) is 2. The number of likely N-dealkylation sites (tertiary alicyclic amines) is 1. The summed E-state index contributed by atoms with van der Waals surface area (Å²) in [7, 11) is 0. The third-order valence-electron chi connectivity index (χ3n) is 4.74. The van der Waals surface area contributed by atoms with Crippen molar-refractivity contribution in [2.75, 3.05) is 26.4 Å². The van der Waals surface area contributed by atoms with Crippen molar-refractivity contribution in [2.45, 2.75) is 52.6 Å². The van der Waals surface area contributed by atoms with Crippen molar-refractivity contribution in [1.29, 1.82) is 5.26 Å². The van der Waals surface area contributed by atoms with Gasteiger partial charge in [0.05, 0.1) is 18.1 Å². The van der Waals surface area contributed by atoms with Crippen LogP contribution in [0.1, 0.15) is 46.5 Å². The first-order valence-corrected chi connectivity index (χ1v) is 8.30. The van der Waals surface area contributed by atoms with Crippen LogP contribution in [-0.2, 0) is 14.3 Å². The van der Waals surface area contributed by atoms with Crippen LogP contribution in [0.4, 0.5) is 0 Å². The summed E-state index contributed by atoms with van der Waals surface area (Å²) in [5, 5.41) is 8.89. The molecule has 0 aliphatic carbocycles. The zero-order chi connectivity index (χ0) is 16.2. The minimum atomic E-state index is -0.0973. The van der Waals surface area contributed by atoms with Crippen LogP contribution < -0.4 is 0 Å². The number of nitrogens with zero attached hydrogens (tertiary/aromatic N) is 2. The normalized spacial score (nSPS) is 28.1. The molecule has 2 aliphatic rings. The Morgan fingerprint density at radius 3 is 2.59 bits per heavy atom. The van der Waals surface area contributed by atoms with Gasteiger partial charge in [-0.1, -0.05) is 20.8 Å². The van der Waals surface area contributed by atoms with Crippen LogP contribution in [0.25, 0.3) is 0 Å². The van der Waals surface area contributed by atoms with Crippen LogP contribution in [0, 0.1) is 28.6 Å². The van der Waals surface area contributed by atoms with Crippen LogP contribution in [0.15, 0.2) is 0 Å². The van der Waals surface area contributed by atoms with Gasteiger partial charge < -0.3 is 9.47 Å². The summed E-state index contributed by atoms with van der Waals surface area (Å²) in [6.45, 7) is 9.10. The van der Waals surface area contributed by atoms with E-state index in [0.717, 1.165) is 38.8 Å². The molecule has 124 valence electrons. The Morgan fingerprint density at radius 1 is 1.32 bits per heavy atom. The number of nitriles is 1. The van der Waals surface area contributed by atoms with E-state index in [4.69, 9.17) is 14.7 Å². The van der Waals surface area contributed by atoms with Gasteiger partial charge in [-0.05, 0) is 31.1 Å². The first-order chi connectivity index (χ1) is 10.4. The molecular formula is C17H28N2O3. The minimum absolute atomic E-state index is 0.0466. The highest BCUT2D eigenvalue weighted by Gasteiger charge is 2.35. The molecule has 22 heavy (non-hydrogen) atoms. The molecule has 5 nitrogen and oxygen atoms in total. The molecule has 0 N–H and O–H groups in total. The van der Waals surface area contributed by atoms with Crippen LogP contribution in [-0.4, -0.2) is 43.4 Å². The molecule has 0 amide bonds. The molecule has 0 saturated carbocycles. The molecule has 2 heterocycles. The van der Waals surface area contributed by atoms with E-state index in [1.54, 1.807) is 0 Å². The predicted molar refractivity (Wildman–Crippen MR) is 82.8 cm³/mol. The van der Waals surface area contributed by atoms with Gasteiger partial charge >= 0.3 is 5.97 Å². The highest BCUT2D eigenvalue weighted by molar-refractivity contribution is 5.72. The Hall–Kier alpha value is -1.12. The number of carbonyl (C=O) groups excluding carboxylic acids is 1. The number of rotatable bonds is 3. The van der Waals surface area contributed by atoms with E-state index in [1.807, 2.05) is 0 Å². The van der Waals surface area contributed by atoms with Gasteiger partial charge in [0, 0.05) is 25.6 Å². The van der Waals surface area contributed by atoms with Crippen LogP contribution in [0.2, 0.25) is 0 Å². The number of esters is 1. The van der Waals surface area contributed by atoms with E-state index in [9.17, 15) is 4.79 Å². The lowest BCUT2D eigenvalue weighted by molar-refractivity contribution is -0.161. The monoisotopic (exact) mass is 308 g/mol. The van der Waals surface area contributed by atoms with Gasteiger partial charge in [0.1, 0.15) is 6.73 Å². The first kappa shape index (κ1) is 17.2. The van der Waals surface area contributed by atoms with Gasteiger partial charge in [-0.2, -0.15) is 5.26 Å². The number of piperidine rings is 1. The van der Waals surface area contributed by atoms with Crippen LogP contribution in [0.5, 0.6) is 0 Å². The SMILES string of the molecule is CC(C)(C)C1CC(C(=O)OCN2CCC(C#N)CC2)CCO1. The summed E-state index contributed by atoms with van der Waals surface area (Å²) in [5.41, 5.74) is 0.0537. The van der Waals surface area contributed by atoms with Crippen molar-refractivity contribution in [2.24, 2.45) is 17.3 Å². The number of carbonyl (C=O) groups is 1. The van der Waals surface area contributed by atoms with Crippen molar-refractivity contribution < 1.29 is 14.3 Å². The largest absolute Gasteiger partial charge is 0.449 e. The van der Waals surface area contributed by atoms with Crippen molar-refractivity contribution in [3.8, 4) is 6.07 Å². The third-order valence-corrected chi connectivity index (χ3v) is 4.74. The highest BCUT2D eigenvalue weighted by atomic mass is 16.5. The molecule has 0 bridgehead atoms. The molecule has 2 fully saturated rings. The standard InChI is InChI=1S/C17H28N2O3/c1-17(2,3)15-10-14(6-9-21-15)16(20)22-12-19-7-4-13(11-18)5-8-19/h13-15H,4-10,12H2,1-3H3. The fourth-order valence-electron chi connectivity index (χ4n) is 3.08. The van der Waals surface area contributed by atoms with Crippen LogP contribution in [0.3, 0.4) is 0 Å². The molecule has 2 saturated heterocycles. The summed E-state index contributed by atoms with van der Waals surface area (Å²) in [6.07, 6.45) is 3.36. The van der Waals surface area contributed by atoms with E-state index in [0.29, 0.717) is 13.3 Å². The summed E-state index contributed by atoms with van der Waals surface area (Å²) >= 11 is 0. The minimum Gasteiger partial charge on any atom is -0.449 e. The molecular weight excluding hydrogens is 280 g/mol. The molecule has 2 aliphatic heterocycles. The lowest BCUT2D eigenvalue weighted by Crippen LogP contribution is -2.40. The first-order valence-electron chi connectivity index (χ1n) is 8.30. The molecule has 0 aromatic rings. The van der Waals surface area contributed by atoms with Crippen molar-refractivity contribution in [3.63, 3.8) is 0 Å². The topological polar surface area (TPSA) is 62.6 Å². The number of hydrogen-bond donors (Lipinski definition) is 0. The molecule has 0 spiro atoms. The molecule has 2 unspecified atom stereocenters. The molecule has 0 aromatic carbocycles. The van der Waals surface area contributed by atoms with Crippen LogP contribution >= 0.6 is 0 Å². The zero-order valence-electron chi connectivity index (χ0n) is 14.0. The number of hydrogen-bond acceptors (Lipinski definition) is 5. The van der Waals surface area contributed by atoms with Gasteiger partial charge in [0.25, 0.3) is 0 Å². The van der Waals surface area contributed by atoms with Crippen molar-refractivity contribution in [3.05, 3.63) is 0 Å². The quantitative estimate of drug-likeness (QED) is 0.750. The summed E-state index contributed by atoms with van der Waals surface area (Å²) in [5.74, 6) is 0.0181. The van der Waals surface area contributed by atoms with Gasteiger partial charge in [-0.3, -0.25) is 9.69 Å². The second-order valence-electron chi connectivity index (χ2n) is 7.56. The van der Waals surface area contributed by atoms with Gasteiger partial charge in [-0.25, -0.2) is 0 Å². The smallest absolute Gasteiger partial charge is 0.310 e. The van der Waals surface area contributed by atoms with Gasteiger partial charge in [0.2, 0.25) is 0 Å². The van der Waals surface area contributed by atoms with Crippen molar-refractivity contribution in [1.82, 2.24) is 4.90 Å². The Kier molecular flexibility index (Phi) is 5.82.